The molecule has 0 amide bonds. The normalized spacial score (nSPS) is 11.2. The van der Waals surface area contributed by atoms with Crippen LogP contribution in [0.15, 0.2) is 48.8 Å². The second-order valence-electron chi connectivity index (χ2n) is 4.07. The number of ether oxygens (including phenoxy) is 1. The number of hydrogen-bond acceptors (Lipinski definition) is 3. The zero-order valence-electron chi connectivity index (χ0n) is 11.0. The monoisotopic (exact) mass is 271 g/mol. The van der Waals surface area contributed by atoms with Gasteiger partial charge in [-0.1, -0.05) is 12.1 Å². The third-order valence-electron chi connectivity index (χ3n) is 2.67. The van der Waals surface area contributed by atoms with Crippen LogP contribution < -0.4 is 0 Å². The van der Waals surface area contributed by atoms with E-state index in [4.69, 9.17) is 4.74 Å². The zero-order valence-corrected chi connectivity index (χ0v) is 11.0. The van der Waals surface area contributed by atoms with Crippen molar-refractivity contribution in [3.8, 4) is 0 Å². The lowest BCUT2D eigenvalue weighted by molar-refractivity contribution is -0.136. The molecule has 1 aromatic heterocycles. The van der Waals surface area contributed by atoms with Crippen LogP contribution >= 0.6 is 0 Å². The molecule has 3 nitrogen and oxygen atoms in total. The lowest BCUT2D eigenvalue weighted by Gasteiger charge is -2.07. The van der Waals surface area contributed by atoms with Crippen molar-refractivity contribution in [1.29, 1.82) is 0 Å². The molecule has 0 aliphatic carbocycles. The van der Waals surface area contributed by atoms with Gasteiger partial charge in [-0.25, -0.2) is 9.18 Å². The van der Waals surface area contributed by atoms with Gasteiger partial charge >= 0.3 is 5.97 Å². The fourth-order valence-corrected chi connectivity index (χ4v) is 1.72. The second kappa shape index (κ2) is 6.61. The fourth-order valence-electron chi connectivity index (χ4n) is 1.72. The molecule has 1 aromatic carbocycles. The Balaban J connectivity index is 2.42. The Labute approximate surface area is 116 Å². The predicted molar refractivity (Wildman–Crippen MR) is 75.1 cm³/mol. The average Bonchev–Trinajstić information content (AvgIpc) is 2.47. The summed E-state index contributed by atoms with van der Waals surface area (Å²) in [5.41, 5.74) is 1.83. The van der Waals surface area contributed by atoms with Crippen LogP contribution in [0.4, 0.5) is 4.39 Å². The van der Waals surface area contributed by atoms with Gasteiger partial charge in [0.05, 0.1) is 12.2 Å². The molecule has 0 N–H and O–H groups in total. The van der Waals surface area contributed by atoms with Gasteiger partial charge in [0.2, 0.25) is 0 Å². The highest BCUT2D eigenvalue weighted by Gasteiger charge is 2.13. The Morgan fingerprint density at radius 1 is 1.20 bits per heavy atom. The summed E-state index contributed by atoms with van der Waals surface area (Å²) < 4.78 is 18.0. The number of rotatable bonds is 4. The van der Waals surface area contributed by atoms with Crippen molar-refractivity contribution >= 4 is 17.6 Å². The topological polar surface area (TPSA) is 39.2 Å². The van der Waals surface area contributed by atoms with Gasteiger partial charge in [0, 0.05) is 12.4 Å². The van der Waals surface area contributed by atoms with Crippen LogP contribution in [0, 0.1) is 5.82 Å². The van der Waals surface area contributed by atoms with E-state index in [1.165, 1.54) is 12.1 Å². The van der Waals surface area contributed by atoms with Gasteiger partial charge in [0.15, 0.2) is 0 Å². The molecule has 2 rings (SSSR count). The minimum Gasteiger partial charge on any atom is -0.462 e. The molecule has 0 spiro atoms. The van der Waals surface area contributed by atoms with Gasteiger partial charge in [-0.2, -0.15) is 0 Å². The maximum Gasteiger partial charge on any atom is 0.338 e. The molecule has 0 saturated carbocycles. The van der Waals surface area contributed by atoms with Gasteiger partial charge in [-0.3, -0.25) is 4.98 Å². The molecule has 102 valence electrons. The van der Waals surface area contributed by atoms with Crippen molar-refractivity contribution in [2.45, 2.75) is 6.92 Å². The van der Waals surface area contributed by atoms with Crippen LogP contribution in [-0.4, -0.2) is 17.6 Å². The minimum atomic E-state index is -0.434. The Kier molecular flexibility index (Phi) is 4.60. The molecule has 0 aliphatic heterocycles. The van der Waals surface area contributed by atoms with Crippen LogP contribution in [0.3, 0.4) is 0 Å². The van der Waals surface area contributed by atoms with Crippen molar-refractivity contribution < 1.29 is 13.9 Å². The van der Waals surface area contributed by atoms with Crippen molar-refractivity contribution in [2.75, 3.05) is 6.61 Å². The van der Waals surface area contributed by atoms with Crippen molar-refractivity contribution in [3.63, 3.8) is 0 Å². The van der Waals surface area contributed by atoms with Crippen molar-refractivity contribution in [1.82, 2.24) is 4.98 Å². The van der Waals surface area contributed by atoms with Gasteiger partial charge < -0.3 is 4.74 Å². The summed E-state index contributed by atoms with van der Waals surface area (Å²) in [5, 5.41) is 0. The number of esters is 1. The van der Waals surface area contributed by atoms with Gasteiger partial charge in [-0.05, 0) is 48.4 Å². The van der Waals surface area contributed by atoms with Crippen LogP contribution in [0.5, 0.6) is 0 Å². The first-order valence-corrected chi connectivity index (χ1v) is 6.25. The summed E-state index contributed by atoms with van der Waals surface area (Å²) in [4.78, 5) is 16.0. The number of benzene rings is 1. The number of nitrogens with zero attached hydrogens (tertiary/aromatic N) is 1. The van der Waals surface area contributed by atoms with Crippen molar-refractivity contribution in [2.24, 2.45) is 0 Å². The molecule has 20 heavy (non-hydrogen) atoms. The van der Waals surface area contributed by atoms with Gasteiger partial charge in [0.1, 0.15) is 5.82 Å². The molecular formula is C16H14FNO2. The summed E-state index contributed by atoms with van der Waals surface area (Å²) in [6.45, 7) is 2.03. The highest BCUT2D eigenvalue weighted by molar-refractivity contribution is 6.21. The molecule has 0 aliphatic rings. The van der Waals surface area contributed by atoms with Gasteiger partial charge in [-0.15, -0.1) is 0 Å². The Morgan fingerprint density at radius 2 is 1.85 bits per heavy atom. The number of halogens is 1. The maximum absolute atomic E-state index is 13.0. The number of hydrogen-bond donors (Lipinski definition) is 0. The van der Waals surface area contributed by atoms with E-state index in [0.29, 0.717) is 11.1 Å². The summed E-state index contributed by atoms with van der Waals surface area (Å²) in [6, 6.07) is 9.30. The molecule has 0 unspecified atom stereocenters. The first kappa shape index (κ1) is 13.9. The first-order valence-electron chi connectivity index (χ1n) is 6.25. The van der Waals surface area contributed by atoms with Crippen LogP contribution in [0.1, 0.15) is 18.1 Å². The standard InChI is InChI=1S/C16H14FNO2/c1-2-20-16(19)15(11-12-7-9-18-10-8-12)13-3-5-14(17)6-4-13/h3-11H,2H2,1H3/b15-11-. The maximum atomic E-state index is 13.0. The van der Waals surface area contributed by atoms with Crippen LogP contribution in [-0.2, 0) is 9.53 Å². The van der Waals surface area contributed by atoms with Gasteiger partial charge in [0.25, 0.3) is 0 Å². The second-order valence-corrected chi connectivity index (χ2v) is 4.07. The van der Waals surface area contributed by atoms with E-state index < -0.39 is 5.97 Å². The van der Waals surface area contributed by atoms with E-state index in [1.54, 1.807) is 49.7 Å². The summed E-state index contributed by atoms with van der Waals surface area (Å²) in [5.74, 6) is -0.781. The Morgan fingerprint density at radius 3 is 2.45 bits per heavy atom. The molecule has 1 heterocycles. The molecule has 0 bridgehead atoms. The fraction of sp³-hybridized carbons (Fsp3) is 0.125. The number of pyridine rings is 1. The minimum absolute atomic E-state index is 0.285. The average molecular weight is 271 g/mol. The molecule has 0 fully saturated rings. The Bertz CT molecular complexity index is 606. The number of carbonyl (C=O) groups is 1. The van der Waals surface area contributed by atoms with Crippen molar-refractivity contribution in [3.05, 3.63) is 65.7 Å². The molecule has 0 radical (unpaired) electrons. The number of aromatic nitrogens is 1. The predicted octanol–water partition coefficient (Wildman–Crippen LogP) is 3.32. The van der Waals surface area contributed by atoms with E-state index in [-0.39, 0.29) is 12.4 Å². The van der Waals surface area contributed by atoms with Crippen LogP contribution in [0.25, 0.3) is 11.6 Å². The summed E-state index contributed by atoms with van der Waals surface area (Å²) >= 11 is 0. The lowest BCUT2D eigenvalue weighted by atomic mass is 10.0. The molecule has 0 atom stereocenters. The molecule has 2 aromatic rings. The highest BCUT2D eigenvalue weighted by atomic mass is 19.1. The molecular weight excluding hydrogens is 257 g/mol. The first-order chi connectivity index (χ1) is 9.70. The van der Waals surface area contributed by atoms with E-state index in [1.807, 2.05) is 0 Å². The highest BCUT2D eigenvalue weighted by Crippen LogP contribution is 2.20. The SMILES string of the molecule is CCOC(=O)/C(=C\c1ccncc1)c1ccc(F)cc1. The zero-order chi connectivity index (χ0) is 14.4. The quantitative estimate of drug-likeness (QED) is 0.632. The Hall–Kier alpha value is -2.49. The lowest BCUT2D eigenvalue weighted by Crippen LogP contribution is -2.07. The summed E-state index contributed by atoms with van der Waals surface area (Å²) in [6.07, 6.45) is 4.98. The third-order valence-corrected chi connectivity index (χ3v) is 2.67. The third kappa shape index (κ3) is 3.51. The van der Waals surface area contributed by atoms with E-state index in [2.05, 4.69) is 4.98 Å². The van der Waals surface area contributed by atoms with E-state index >= 15 is 0 Å². The molecule has 4 heteroatoms. The van der Waals surface area contributed by atoms with Crippen LogP contribution in [0.2, 0.25) is 0 Å². The molecule has 0 saturated heterocycles. The number of carbonyl (C=O) groups excluding carboxylic acids is 1. The summed E-state index contributed by atoms with van der Waals surface area (Å²) in [7, 11) is 0. The smallest absolute Gasteiger partial charge is 0.338 e. The largest absolute Gasteiger partial charge is 0.462 e. The van der Waals surface area contributed by atoms with E-state index in [9.17, 15) is 9.18 Å². The van der Waals surface area contributed by atoms with E-state index in [0.717, 1.165) is 5.56 Å².